The number of carbonyl (C=O) groups is 1. The second kappa shape index (κ2) is 8.14. The zero-order valence-corrected chi connectivity index (χ0v) is 20.7. The van der Waals surface area contributed by atoms with Crippen LogP contribution >= 0.6 is 11.6 Å². The van der Waals surface area contributed by atoms with E-state index >= 15 is 0 Å². The van der Waals surface area contributed by atoms with Gasteiger partial charge in [-0.2, -0.15) is 0 Å². The number of ether oxygens (including phenoxy) is 1. The van der Waals surface area contributed by atoms with Crippen molar-refractivity contribution in [1.82, 2.24) is 23.3 Å². The number of rotatable bonds is 3. The molecule has 34 heavy (non-hydrogen) atoms. The highest BCUT2D eigenvalue weighted by atomic mass is 35.5. The summed E-state index contributed by atoms with van der Waals surface area (Å²) < 4.78 is 10.9. The SMILES string of the molecule is CC(N)c1nc2c(c(=O)n(Cc3cc4c(Cl)cccc4n3C(=O)OC(C)(C)C)c(=O)n2C)n1C. The summed E-state index contributed by atoms with van der Waals surface area (Å²) in [5.41, 5.74) is 5.52. The molecule has 0 saturated carbocycles. The highest BCUT2D eigenvalue weighted by Crippen LogP contribution is 2.28. The lowest BCUT2D eigenvalue weighted by Gasteiger charge is -2.21. The van der Waals surface area contributed by atoms with E-state index in [2.05, 4.69) is 4.98 Å². The van der Waals surface area contributed by atoms with Gasteiger partial charge in [0.15, 0.2) is 11.2 Å². The largest absolute Gasteiger partial charge is 0.443 e. The third kappa shape index (κ3) is 3.82. The number of aryl methyl sites for hydroxylation is 2. The Kier molecular flexibility index (Phi) is 5.69. The maximum Gasteiger partial charge on any atom is 0.419 e. The lowest BCUT2D eigenvalue weighted by Crippen LogP contribution is -2.40. The highest BCUT2D eigenvalue weighted by molar-refractivity contribution is 6.35. The fraction of sp³-hybridized carbons (Fsp3) is 0.391. The predicted molar refractivity (Wildman–Crippen MR) is 130 cm³/mol. The topological polar surface area (TPSA) is 119 Å². The molecule has 1 atom stereocenters. The van der Waals surface area contributed by atoms with E-state index in [0.717, 1.165) is 4.57 Å². The Morgan fingerprint density at radius 3 is 2.50 bits per heavy atom. The van der Waals surface area contributed by atoms with E-state index in [4.69, 9.17) is 22.1 Å². The van der Waals surface area contributed by atoms with Crippen molar-refractivity contribution in [3.05, 3.63) is 61.6 Å². The van der Waals surface area contributed by atoms with E-state index in [0.29, 0.717) is 27.4 Å². The van der Waals surface area contributed by atoms with Gasteiger partial charge in [-0.15, -0.1) is 0 Å². The van der Waals surface area contributed by atoms with Crippen molar-refractivity contribution in [2.75, 3.05) is 0 Å². The number of nitrogens with two attached hydrogens (primary N) is 1. The zero-order chi connectivity index (χ0) is 25.1. The molecule has 0 bridgehead atoms. The van der Waals surface area contributed by atoms with E-state index in [-0.39, 0.29) is 17.7 Å². The van der Waals surface area contributed by atoms with Gasteiger partial charge >= 0.3 is 11.8 Å². The first-order valence-corrected chi connectivity index (χ1v) is 11.1. The Labute approximate surface area is 200 Å². The molecule has 1 aromatic carbocycles. The van der Waals surface area contributed by atoms with Crippen molar-refractivity contribution in [2.24, 2.45) is 19.8 Å². The molecule has 2 N–H and O–H groups in total. The lowest BCUT2D eigenvalue weighted by atomic mass is 10.2. The minimum atomic E-state index is -0.751. The first kappa shape index (κ1) is 23.8. The van der Waals surface area contributed by atoms with E-state index in [1.165, 1.54) is 9.13 Å². The lowest BCUT2D eigenvalue weighted by molar-refractivity contribution is 0.0540. The van der Waals surface area contributed by atoms with Gasteiger partial charge in [0.05, 0.1) is 23.8 Å². The van der Waals surface area contributed by atoms with Crippen molar-refractivity contribution < 1.29 is 9.53 Å². The molecule has 0 aliphatic carbocycles. The number of nitrogens with zero attached hydrogens (tertiary/aromatic N) is 5. The van der Waals surface area contributed by atoms with Crippen LogP contribution in [0, 0.1) is 0 Å². The Morgan fingerprint density at radius 1 is 1.21 bits per heavy atom. The maximum absolute atomic E-state index is 13.5. The van der Waals surface area contributed by atoms with Crippen molar-refractivity contribution in [2.45, 2.75) is 45.9 Å². The van der Waals surface area contributed by atoms with Crippen molar-refractivity contribution in [3.8, 4) is 0 Å². The fourth-order valence-corrected chi connectivity index (χ4v) is 4.28. The van der Waals surface area contributed by atoms with E-state index in [9.17, 15) is 14.4 Å². The number of aromatic nitrogens is 5. The maximum atomic E-state index is 13.5. The smallest absolute Gasteiger partial charge is 0.419 e. The van der Waals surface area contributed by atoms with Gasteiger partial charge in [0.25, 0.3) is 5.56 Å². The minimum absolute atomic E-state index is 0.176. The summed E-state index contributed by atoms with van der Waals surface area (Å²) >= 11 is 6.38. The van der Waals surface area contributed by atoms with E-state index < -0.39 is 29.0 Å². The number of benzene rings is 1. The average molecular weight is 487 g/mol. The molecule has 3 heterocycles. The number of hydrogen-bond donors (Lipinski definition) is 1. The van der Waals surface area contributed by atoms with Gasteiger partial charge in [-0.1, -0.05) is 17.7 Å². The molecule has 0 radical (unpaired) electrons. The molecule has 0 aliphatic heterocycles. The van der Waals surface area contributed by atoms with Crippen LogP contribution in [0.4, 0.5) is 4.79 Å². The third-order valence-electron chi connectivity index (χ3n) is 5.57. The molecular weight excluding hydrogens is 460 g/mol. The second-order valence-electron chi connectivity index (χ2n) is 9.35. The molecule has 4 aromatic rings. The van der Waals surface area contributed by atoms with Crippen LogP contribution < -0.4 is 17.0 Å². The van der Waals surface area contributed by atoms with Crippen molar-refractivity contribution in [1.29, 1.82) is 0 Å². The van der Waals surface area contributed by atoms with Gasteiger partial charge in [-0.25, -0.2) is 19.1 Å². The van der Waals surface area contributed by atoms with Crippen LogP contribution in [-0.2, 0) is 25.4 Å². The van der Waals surface area contributed by atoms with Crippen molar-refractivity contribution >= 4 is 39.8 Å². The molecule has 0 amide bonds. The van der Waals surface area contributed by atoms with Crippen LogP contribution in [-0.4, -0.2) is 34.9 Å². The van der Waals surface area contributed by atoms with Gasteiger partial charge in [0.1, 0.15) is 11.4 Å². The van der Waals surface area contributed by atoms with Gasteiger partial charge in [0, 0.05) is 24.5 Å². The van der Waals surface area contributed by atoms with Crippen LogP contribution in [0.1, 0.15) is 45.3 Å². The Morgan fingerprint density at radius 2 is 1.88 bits per heavy atom. The normalized spacial score (nSPS) is 13.1. The van der Waals surface area contributed by atoms with Gasteiger partial charge < -0.3 is 15.0 Å². The summed E-state index contributed by atoms with van der Waals surface area (Å²) in [6.07, 6.45) is -0.634. The fourth-order valence-electron chi connectivity index (χ4n) is 4.06. The first-order chi connectivity index (χ1) is 15.8. The summed E-state index contributed by atoms with van der Waals surface area (Å²) in [7, 11) is 3.22. The molecule has 3 aromatic heterocycles. The molecule has 0 spiro atoms. The summed E-state index contributed by atoms with van der Waals surface area (Å²) in [5, 5.41) is 1.04. The van der Waals surface area contributed by atoms with Crippen LogP contribution in [0.15, 0.2) is 33.9 Å². The molecule has 0 aliphatic rings. The van der Waals surface area contributed by atoms with E-state index in [1.54, 1.807) is 70.6 Å². The average Bonchev–Trinajstić information content (AvgIpc) is 3.27. The predicted octanol–water partition coefficient (Wildman–Crippen LogP) is 2.89. The van der Waals surface area contributed by atoms with Crippen LogP contribution in [0.3, 0.4) is 0 Å². The second-order valence-corrected chi connectivity index (χ2v) is 9.75. The standard InChI is InChI=1S/C23H27ClN6O4/c1-12(25)18-26-19-17(27(18)5)20(31)29(21(32)28(19)6)11-13-10-14-15(24)8-7-9-16(14)30(13)22(33)34-23(2,3)4/h7-10,12H,11,25H2,1-6H3. The third-order valence-corrected chi connectivity index (χ3v) is 5.90. The molecule has 4 rings (SSSR count). The summed E-state index contributed by atoms with van der Waals surface area (Å²) in [6, 6.07) is 6.41. The molecule has 0 saturated heterocycles. The molecule has 0 fully saturated rings. The molecule has 1 unspecified atom stereocenters. The molecule has 11 heteroatoms. The minimum Gasteiger partial charge on any atom is -0.443 e. The van der Waals surface area contributed by atoms with Crippen LogP contribution in [0.5, 0.6) is 0 Å². The number of fused-ring (bicyclic) bond motifs is 2. The van der Waals surface area contributed by atoms with Crippen LogP contribution in [0.25, 0.3) is 22.1 Å². The quantitative estimate of drug-likeness (QED) is 0.475. The number of halogens is 1. The first-order valence-electron chi connectivity index (χ1n) is 10.8. The summed E-state index contributed by atoms with van der Waals surface area (Å²) in [4.78, 5) is 44.2. The Balaban J connectivity index is 1.97. The van der Waals surface area contributed by atoms with Crippen LogP contribution in [0.2, 0.25) is 5.02 Å². The van der Waals surface area contributed by atoms with Gasteiger partial charge in [-0.3, -0.25) is 13.9 Å². The van der Waals surface area contributed by atoms with Gasteiger partial charge in [-0.05, 0) is 45.9 Å². The molecule has 10 nitrogen and oxygen atoms in total. The van der Waals surface area contributed by atoms with Crippen molar-refractivity contribution in [3.63, 3.8) is 0 Å². The number of carbonyl (C=O) groups excluding carboxylic acids is 1. The monoisotopic (exact) mass is 486 g/mol. The number of hydrogen-bond acceptors (Lipinski definition) is 6. The zero-order valence-electron chi connectivity index (χ0n) is 19.9. The number of imidazole rings is 1. The Bertz CT molecular complexity index is 1570. The summed E-state index contributed by atoms with van der Waals surface area (Å²) in [5.74, 6) is 0.481. The van der Waals surface area contributed by atoms with E-state index in [1.807, 2.05) is 0 Å². The molecule has 180 valence electrons. The Hall–Kier alpha value is -3.37. The van der Waals surface area contributed by atoms with Gasteiger partial charge in [0.2, 0.25) is 0 Å². The molecular formula is C23H27ClN6O4. The highest BCUT2D eigenvalue weighted by Gasteiger charge is 2.25. The summed E-state index contributed by atoms with van der Waals surface area (Å²) in [6.45, 7) is 6.85.